The number of allylic oxidation sites excluding steroid dienone is 1. The SMILES string of the molecule is CC1(C)CCCC(C)(C)C1=C=S. The molecule has 1 heteroatoms. The first-order valence-electron chi connectivity index (χ1n) is 4.66. The molecule has 0 aromatic heterocycles. The normalized spacial score (nSPS) is 26.5. The fourth-order valence-electron chi connectivity index (χ4n) is 2.41. The van der Waals surface area contributed by atoms with Crippen molar-refractivity contribution < 1.29 is 0 Å². The Morgan fingerprint density at radius 3 is 1.75 bits per heavy atom. The third-order valence-electron chi connectivity index (χ3n) is 3.06. The quantitative estimate of drug-likeness (QED) is 0.514. The molecule has 1 aliphatic rings. The minimum absolute atomic E-state index is 0.281. The van der Waals surface area contributed by atoms with E-state index < -0.39 is 0 Å². The highest BCUT2D eigenvalue weighted by Crippen LogP contribution is 2.48. The molecule has 1 fully saturated rings. The predicted octanol–water partition coefficient (Wildman–Crippen LogP) is 3.75. The topological polar surface area (TPSA) is 0 Å². The van der Waals surface area contributed by atoms with Gasteiger partial charge in [0.2, 0.25) is 0 Å². The average Bonchev–Trinajstić information content (AvgIpc) is 1.83. The van der Waals surface area contributed by atoms with Crippen molar-refractivity contribution in [3.63, 3.8) is 0 Å². The van der Waals surface area contributed by atoms with E-state index in [1.807, 2.05) is 0 Å². The molecular formula is C11H18S. The summed E-state index contributed by atoms with van der Waals surface area (Å²) in [6, 6.07) is 0. The molecule has 0 amide bonds. The lowest BCUT2D eigenvalue weighted by atomic mass is 9.62. The van der Waals surface area contributed by atoms with Crippen molar-refractivity contribution in [2.75, 3.05) is 0 Å². The molecule has 0 nitrogen and oxygen atoms in total. The smallest absolute Gasteiger partial charge is 0.00548 e. The Morgan fingerprint density at radius 2 is 1.50 bits per heavy atom. The molecule has 0 saturated heterocycles. The van der Waals surface area contributed by atoms with E-state index in [9.17, 15) is 0 Å². The molecule has 1 saturated carbocycles. The van der Waals surface area contributed by atoms with Crippen molar-refractivity contribution >= 4 is 17.2 Å². The molecule has 1 aliphatic carbocycles. The van der Waals surface area contributed by atoms with E-state index in [0.717, 1.165) is 0 Å². The van der Waals surface area contributed by atoms with E-state index in [0.29, 0.717) is 0 Å². The monoisotopic (exact) mass is 182 g/mol. The van der Waals surface area contributed by atoms with E-state index in [1.165, 1.54) is 24.8 Å². The van der Waals surface area contributed by atoms with E-state index in [1.54, 1.807) is 0 Å². The zero-order valence-electron chi connectivity index (χ0n) is 8.53. The van der Waals surface area contributed by atoms with Crippen LogP contribution in [0.25, 0.3) is 0 Å². The van der Waals surface area contributed by atoms with Gasteiger partial charge in [0.05, 0.1) is 0 Å². The Morgan fingerprint density at radius 1 is 1.08 bits per heavy atom. The summed E-state index contributed by atoms with van der Waals surface area (Å²) in [4.78, 5) is 0. The van der Waals surface area contributed by atoms with E-state index in [4.69, 9.17) is 12.2 Å². The molecule has 0 heterocycles. The lowest BCUT2D eigenvalue weighted by molar-refractivity contribution is 0.221. The van der Waals surface area contributed by atoms with Gasteiger partial charge in [-0.15, -0.1) is 0 Å². The Hall–Kier alpha value is -0.130. The van der Waals surface area contributed by atoms with Crippen molar-refractivity contribution in [3.05, 3.63) is 5.57 Å². The highest BCUT2D eigenvalue weighted by Gasteiger charge is 2.38. The van der Waals surface area contributed by atoms with Crippen LogP contribution in [-0.4, -0.2) is 5.02 Å². The second-order valence-corrected chi connectivity index (χ2v) is 5.30. The van der Waals surface area contributed by atoms with Crippen LogP contribution in [0.1, 0.15) is 47.0 Å². The Bertz CT molecular complexity index is 211. The molecule has 0 aliphatic heterocycles. The summed E-state index contributed by atoms with van der Waals surface area (Å²) in [6.07, 6.45) is 3.84. The Balaban J connectivity index is 3.06. The molecule has 68 valence electrons. The summed E-state index contributed by atoms with van der Waals surface area (Å²) in [6.45, 7) is 9.12. The molecular weight excluding hydrogens is 164 g/mol. The first-order valence-corrected chi connectivity index (χ1v) is 5.07. The Labute approximate surface area is 81.1 Å². The molecule has 0 N–H and O–H groups in total. The molecule has 0 aromatic rings. The summed E-state index contributed by atoms with van der Waals surface area (Å²) < 4.78 is 0. The van der Waals surface area contributed by atoms with Crippen molar-refractivity contribution in [3.8, 4) is 0 Å². The number of thiocarbonyl (C=S) groups is 1. The highest BCUT2D eigenvalue weighted by molar-refractivity contribution is 7.78. The van der Waals surface area contributed by atoms with Gasteiger partial charge in [-0.2, -0.15) is 0 Å². The highest BCUT2D eigenvalue weighted by atomic mass is 32.1. The second-order valence-electron chi connectivity index (χ2n) is 5.10. The summed E-state index contributed by atoms with van der Waals surface area (Å²) in [5.41, 5.74) is 1.91. The van der Waals surface area contributed by atoms with Crippen LogP contribution in [0.4, 0.5) is 0 Å². The molecule has 0 atom stereocenters. The molecule has 0 spiro atoms. The fraction of sp³-hybridized carbons (Fsp3) is 0.818. The average molecular weight is 182 g/mol. The van der Waals surface area contributed by atoms with E-state index in [-0.39, 0.29) is 10.8 Å². The van der Waals surface area contributed by atoms with Crippen molar-refractivity contribution in [1.82, 2.24) is 0 Å². The standard InChI is InChI=1S/C11H18S/c1-10(2)6-5-7-11(3,4)9(10)8-12/h5-7H2,1-4H3. The van der Waals surface area contributed by atoms with Gasteiger partial charge in [0, 0.05) is 0 Å². The lowest BCUT2D eigenvalue weighted by Gasteiger charge is -2.42. The van der Waals surface area contributed by atoms with Crippen LogP contribution in [0.3, 0.4) is 0 Å². The Kier molecular flexibility index (Phi) is 2.47. The first-order chi connectivity index (χ1) is 5.40. The van der Waals surface area contributed by atoms with E-state index in [2.05, 4.69) is 32.7 Å². The molecule has 0 radical (unpaired) electrons. The van der Waals surface area contributed by atoms with Gasteiger partial charge in [-0.05, 0) is 46.5 Å². The van der Waals surface area contributed by atoms with Crippen molar-refractivity contribution in [2.45, 2.75) is 47.0 Å². The molecule has 0 bridgehead atoms. The number of rotatable bonds is 0. The molecule has 12 heavy (non-hydrogen) atoms. The van der Waals surface area contributed by atoms with Crippen LogP contribution >= 0.6 is 12.2 Å². The summed E-state index contributed by atoms with van der Waals surface area (Å²) >= 11 is 4.98. The summed E-state index contributed by atoms with van der Waals surface area (Å²) in [5.74, 6) is 0. The van der Waals surface area contributed by atoms with Crippen LogP contribution in [-0.2, 0) is 0 Å². The van der Waals surface area contributed by atoms with E-state index >= 15 is 0 Å². The molecule has 1 rings (SSSR count). The van der Waals surface area contributed by atoms with Gasteiger partial charge >= 0.3 is 0 Å². The third kappa shape index (κ3) is 1.62. The minimum atomic E-state index is 0.281. The van der Waals surface area contributed by atoms with Gasteiger partial charge in [-0.3, -0.25) is 0 Å². The van der Waals surface area contributed by atoms with Gasteiger partial charge in [-0.25, -0.2) is 0 Å². The van der Waals surface area contributed by atoms with Crippen LogP contribution in [0, 0.1) is 10.8 Å². The van der Waals surface area contributed by atoms with Gasteiger partial charge < -0.3 is 0 Å². The first kappa shape index (κ1) is 9.95. The fourth-order valence-corrected chi connectivity index (χ4v) is 2.97. The van der Waals surface area contributed by atoms with Crippen LogP contribution in [0.2, 0.25) is 0 Å². The van der Waals surface area contributed by atoms with Gasteiger partial charge in [0.15, 0.2) is 0 Å². The minimum Gasteiger partial charge on any atom is -0.0555 e. The lowest BCUT2D eigenvalue weighted by Crippen LogP contribution is -2.32. The molecule has 0 unspecified atom stereocenters. The van der Waals surface area contributed by atoms with Gasteiger partial charge in [-0.1, -0.05) is 34.1 Å². The summed E-state index contributed by atoms with van der Waals surface area (Å²) in [5, 5.41) is 2.98. The second kappa shape index (κ2) is 2.97. The van der Waals surface area contributed by atoms with Crippen molar-refractivity contribution in [2.24, 2.45) is 10.8 Å². The maximum Gasteiger partial charge on any atom is -0.00548 e. The predicted molar refractivity (Wildman–Crippen MR) is 57.5 cm³/mol. The van der Waals surface area contributed by atoms with Gasteiger partial charge in [0.1, 0.15) is 0 Å². The van der Waals surface area contributed by atoms with Gasteiger partial charge in [0.25, 0.3) is 0 Å². The number of hydrogen-bond donors (Lipinski definition) is 0. The van der Waals surface area contributed by atoms with Crippen LogP contribution < -0.4 is 0 Å². The maximum atomic E-state index is 4.98. The maximum absolute atomic E-state index is 4.98. The van der Waals surface area contributed by atoms with Crippen LogP contribution in [0.5, 0.6) is 0 Å². The number of hydrogen-bond acceptors (Lipinski definition) is 1. The van der Waals surface area contributed by atoms with Crippen LogP contribution in [0.15, 0.2) is 5.57 Å². The zero-order valence-corrected chi connectivity index (χ0v) is 9.35. The van der Waals surface area contributed by atoms with Crippen molar-refractivity contribution in [1.29, 1.82) is 0 Å². The largest absolute Gasteiger partial charge is 0.0555 e. The zero-order chi connectivity index (χ0) is 9.41. The third-order valence-corrected chi connectivity index (χ3v) is 3.26. The summed E-state index contributed by atoms with van der Waals surface area (Å²) in [7, 11) is 0. The molecule has 0 aromatic carbocycles.